The molecule has 1 N–H and O–H groups in total. The zero-order chi connectivity index (χ0) is 13.5. The molecule has 0 radical (unpaired) electrons. The van der Waals surface area contributed by atoms with E-state index in [1.807, 2.05) is 12.1 Å². The van der Waals surface area contributed by atoms with E-state index in [4.69, 9.17) is 9.47 Å². The molecule has 0 amide bonds. The van der Waals surface area contributed by atoms with Gasteiger partial charge in [-0.05, 0) is 41.4 Å². The second-order valence-corrected chi connectivity index (χ2v) is 4.99. The van der Waals surface area contributed by atoms with Gasteiger partial charge in [0.1, 0.15) is 0 Å². The minimum Gasteiger partial charge on any atom is -0.493 e. The van der Waals surface area contributed by atoms with Gasteiger partial charge in [-0.2, -0.15) is 11.3 Å². The lowest BCUT2D eigenvalue weighted by molar-refractivity contribution is 0.350. The molecular formula is C15H19NO2S. The summed E-state index contributed by atoms with van der Waals surface area (Å²) in [6.45, 7) is 1.74. The van der Waals surface area contributed by atoms with Crippen LogP contribution in [0.4, 0.5) is 0 Å². The van der Waals surface area contributed by atoms with Gasteiger partial charge in [-0.1, -0.05) is 12.1 Å². The molecule has 3 nitrogen and oxygen atoms in total. The van der Waals surface area contributed by atoms with E-state index in [1.54, 1.807) is 25.6 Å². The maximum absolute atomic E-state index is 5.41. The first-order valence-electron chi connectivity index (χ1n) is 6.27. The average Bonchev–Trinajstić information content (AvgIpc) is 2.96. The second kappa shape index (κ2) is 7.16. The maximum atomic E-state index is 5.41. The van der Waals surface area contributed by atoms with E-state index in [1.165, 1.54) is 5.56 Å². The Morgan fingerprint density at radius 2 is 2.05 bits per heavy atom. The van der Waals surface area contributed by atoms with Gasteiger partial charge in [0.25, 0.3) is 0 Å². The third-order valence-electron chi connectivity index (χ3n) is 2.97. The molecular weight excluding hydrogens is 258 g/mol. The predicted molar refractivity (Wildman–Crippen MR) is 79.3 cm³/mol. The van der Waals surface area contributed by atoms with Crippen LogP contribution in [0.3, 0.4) is 0 Å². The normalized spacial score (nSPS) is 10.4. The average molecular weight is 277 g/mol. The largest absolute Gasteiger partial charge is 0.493 e. The van der Waals surface area contributed by atoms with E-state index in [9.17, 15) is 0 Å². The first-order valence-corrected chi connectivity index (χ1v) is 7.21. The summed E-state index contributed by atoms with van der Waals surface area (Å²) in [6.07, 6.45) is 1.05. The first kappa shape index (κ1) is 13.9. The van der Waals surface area contributed by atoms with Crippen LogP contribution in [0.15, 0.2) is 35.0 Å². The fraction of sp³-hybridized carbons (Fsp3) is 0.333. The number of ether oxygens (including phenoxy) is 2. The lowest BCUT2D eigenvalue weighted by atomic mass is 10.1. The Labute approximate surface area is 118 Å². The minimum atomic E-state index is 0.777. The number of hydrogen-bond donors (Lipinski definition) is 1. The Hall–Kier alpha value is -1.52. The maximum Gasteiger partial charge on any atom is 0.165 e. The quantitative estimate of drug-likeness (QED) is 0.789. The predicted octanol–water partition coefficient (Wildman–Crippen LogP) is 3.10. The Morgan fingerprint density at radius 1 is 1.16 bits per heavy atom. The van der Waals surface area contributed by atoms with Crippen LogP contribution >= 0.6 is 11.3 Å². The molecule has 0 saturated carbocycles. The molecule has 0 bridgehead atoms. The number of benzene rings is 1. The topological polar surface area (TPSA) is 30.5 Å². The van der Waals surface area contributed by atoms with Crippen molar-refractivity contribution in [2.24, 2.45) is 0 Å². The molecule has 0 aliphatic carbocycles. The summed E-state index contributed by atoms with van der Waals surface area (Å²) in [4.78, 5) is 0. The smallest absolute Gasteiger partial charge is 0.165 e. The molecule has 2 rings (SSSR count). The summed E-state index contributed by atoms with van der Waals surface area (Å²) in [5, 5.41) is 7.73. The van der Waals surface area contributed by atoms with Crippen molar-refractivity contribution in [1.29, 1.82) is 0 Å². The fourth-order valence-corrected chi connectivity index (χ4v) is 2.69. The zero-order valence-electron chi connectivity index (χ0n) is 11.3. The molecule has 0 fully saturated rings. The Balaban J connectivity index is 1.88. The van der Waals surface area contributed by atoms with Crippen molar-refractivity contribution in [2.75, 3.05) is 20.8 Å². The van der Waals surface area contributed by atoms with E-state index in [0.717, 1.165) is 36.6 Å². The zero-order valence-corrected chi connectivity index (χ0v) is 12.1. The van der Waals surface area contributed by atoms with Gasteiger partial charge in [0.05, 0.1) is 14.2 Å². The summed E-state index contributed by atoms with van der Waals surface area (Å²) in [6, 6.07) is 8.11. The van der Waals surface area contributed by atoms with Crippen molar-refractivity contribution in [3.8, 4) is 11.5 Å². The van der Waals surface area contributed by atoms with Crippen LogP contribution in [0, 0.1) is 0 Å². The van der Waals surface area contributed by atoms with Gasteiger partial charge < -0.3 is 14.8 Å². The molecule has 0 saturated heterocycles. The van der Waals surface area contributed by atoms with Crippen LogP contribution in [0.5, 0.6) is 11.5 Å². The molecule has 1 aromatic heterocycles. The SMILES string of the molecule is COc1cccc(CNCCc2ccsc2)c1OC. The van der Waals surface area contributed by atoms with Crippen molar-refractivity contribution in [2.45, 2.75) is 13.0 Å². The molecule has 0 spiro atoms. The van der Waals surface area contributed by atoms with E-state index >= 15 is 0 Å². The number of methoxy groups -OCH3 is 2. The van der Waals surface area contributed by atoms with Crippen LogP contribution in [0.25, 0.3) is 0 Å². The van der Waals surface area contributed by atoms with Crippen LogP contribution in [-0.2, 0) is 13.0 Å². The Bertz CT molecular complexity index is 497. The molecule has 1 aromatic carbocycles. The summed E-state index contributed by atoms with van der Waals surface area (Å²) in [5.74, 6) is 1.59. The van der Waals surface area contributed by atoms with Gasteiger partial charge in [0.2, 0.25) is 0 Å². The number of nitrogens with one attached hydrogen (secondary N) is 1. The number of para-hydroxylation sites is 1. The van der Waals surface area contributed by atoms with Gasteiger partial charge in [-0.3, -0.25) is 0 Å². The highest BCUT2D eigenvalue weighted by Crippen LogP contribution is 2.30. The number of hydrogen-bond acceptors (Lipinski definition) is 4. The van der Waals surface area contributed by atoms with Crippen molar-refractivity contribution in [3.63, 3.8) is 0 Å². The van der Waals surface area contributed by atoms with Crippen molar-refractivity contribution >= 4 is 11.3 Å². The fourth-order valence-electron chi connectivity index (χ4n) is 1.98. The van der Waals surface area contributed by atoms with Crippen LogP contribution in [-0.4, -0.2) is 20.8 Å². The van der Waals surface area contributed by atoms with Crippen molar-refractivity contribution < 1.29 is 9.47 Å². The third-order valence-corrected chi connectivity index (χ3v) is 3.70. The molecule has 2 aromatic rings. The van der Waals surface area contributed by atoms with Crippen molar-refractivity contribution in [3.05, 3.63) is 46.2 Å². The Kier molecular flexibility index (Phi) is 5.24. The number of thiophene rings is 1. The second-order valence-electron chi connectivity index (χ2n) is 4.21. The van der Waals surface area contributed by atoms with Gasteiger partial charge in [0.15, 0.2) is 11.5 Å². The van der Waals surface area contributed by atoms with E-state index in [-0.39, 0.29) is 0 Å². The van der Waals surface area contributed by atoms with Gasteiger partial charge >= 0.3 is 0 Å². The Morgan fingerprint density at radius 3 is 2.74 bits per heavy atom. The standard InChI is InChI=1S/C15H19NO2S/c1-17-14-5-3-4-13(15(14)18-2)10-16-8-6-12-7-9-19-11-12/h3-5,7,9,11,16H,6,8,10H2,1-2H3. The molecule has 0 aliphatic heterocycles. The third kappa shape index (κ3) is 3.72. The lowest BCUT2D eigenvalue weighted by Crippen LogP contribution is -2.17. The highest BCUT2D eigenvalue weighted by molar-refractivity contribution is 7.07. The molecule has 4 heteroatoms. The molecule has 1 heterocycles. The van der Waals surface area contributed by atoms with Gasteiger partial charge in [-0.25, -0.2) is 0 Å². The van der Waals surface area contributed by atoms with Crippen LogP contribution in [0.1, 0.15) is 11.1 Å². The van der Waals surface area contributed by atoms with Gasteiger partial charge in [0, 0.05) is 12.1 Å². The van der Waals surface area contributed by atoms with Crippen LogP contribution < -0.4 is 14.8 Å². The monoisotopic (exact) mass is 277 g/mol. The summed E-state index contributed by atoms with van der Waals surface area (Å²) in [7, 11) is 3.33. The van der Waals surface area contributed by atoms with E-state index < -0.39 is 0 Å². The van der Waals surface area contributed by atoms with Crippen LogP contribution in [0.2, 0.25) is 0 Å². The molecule has 0 aliphatic rings. The van der Waals surface area contributed by atoms with Crippen molar-refractivity contribution in [1.82, 2.24) is 5.32 Å². The lowest BCUT2D eigenvalue weighted by Gasteiger charge is -2.13. The van der Waals surface area contributed by atoms with E-state index in [2.05, 4.69) is 28.2 Å². The molecule has 0 unspecified atom stereocenters. The first-order chi connectivity index (χ1) is 9.35. The highest BCUT2D eigenvalue weighted by atomic mass is 32.1. The van der Waals surface area contributed by atoms with Gasteiger partial charge in [-0.15, -0.1) is 0 Å². The minimum absolute atomic E-state index is 0.777. The molecule has 19 heavy (non-hydrogen) atoms. The summed E-state index contributed by atoms with van der Waals surface area (Å²) in [5.41, 5.74) is 2.50. The summed E-state index contributed by atoms with van der Waals surface area (Å²) < 4.78 is 10.7. The summed E-state index contributed by atoms with van der Waals surface area (Å²) >= 11 is 1.74. The van der Waals surface area contributed by atoms with E-state index in [0.29, 0.717) is 0 Å². The highest BCUT2D eigenvalue weighted by Gasteiger charge is 2.08. The number of rotatable bonds is 7. The molecule has 102 valence electrons. The molecule has 0 atom stereocenters.